The first kappa shape index (κ1) is 18.9. The summed E-state index contributed by atoms with van der Waals surface area (Å²) in [4.78, 5) is 14.6. The standard InChI is InChI=1S/C21H29NO4/c1-24-20(25-2)12-11-17-13-18-9-6-10-19(14-17)22(18)21(23)26-15-16-7-4-3-5-8-16/h3-5,7-8,13,18-20H,6,9-12,14-15H2,1-2H3. The molecule has 1 saturated heterocycles. The average molecular weight is 359 g/mol. The number of hydrogen-bond donors (Lipinski definition) is 0. The first-order valence-electron chi connectivity index (χ1n) is 9.45. The van der Waals surface area contributed by atoms with E-state index in [4.69, 9.17) is 14.2 Å². The number of benzene rings is 1. The number of amides is 1. The fourth-order valence-corrected chi connectivity index (χ4v) is 4.02. The van der Waals surface area contributed by atoms with Crippen LogP contribution in [-0.4, -0.2) is 43.6 Å². The van der Waals surface area contributed by atoms with Gasteiger partial charge in [-0.05, 0) is 37.7 Å². The van der Waals surface area contributed by atoms with Gasteiger partial charge in [-0.2, -0.15) is 0 Å². The summed E-state index contributed by atoms with van der Waals surface area (Å²) < 4.78 is 16.2. The minimum absolute atomic E-state index is 0.157. The van der Waals surface area contributed by atoms with Crippen LogP contribution in [0.1, 0.15) is 44.1 Å². The number of fused-ring (bicyclic) bond motifs is 2. The Morgan fingerprint density at radius 1 is 1.19 bits per heavy atom. The Bertz CT molecular complexity index is 612. The zero-order valence-electron chi connectivity index (χ0n) is 15.7. The predicted octanol–water partition coefficient (Wildman–Crippen LogP) is 4.28. The van der Waals surface area contributed by atoms with Gasteiger partial charge in [0.15, 0.2) is 6.29 Å². The van der Waals surface area contributed by atoms with Crippen LogP contribution in [0.5, 0.6) is 0 Å². The molecule has 2 atom stereocenters. The van der Waals surface area contributed by atoms with Gasteiger partial charge < -0.3 is 14.2 Å². The monoisotopic (exact) mass is 359 g/mol. The van der Waals surface area contributed by atoms with Crippen molar-refractivity contribution in [3.8, 4) is 0 Å². The lowest BCUT2D eigenvalue weighted by atomic mass is 9.84. The van der Waals surface area contributed by atoms with E-state index in [1.165, 1.54) is 12.0 Å². The van der Waals surface area contributed by atoms with E-state index in [0.717, 1.165) is 37.7 Å². The van der Waals surface area contributed by atoms with Crippen molar-refractivity contribution in [2.45, 2.75) is 63.5 Å². The number of piperidine rings is 1. The van der Waals surface area contributed by atoms with Gasteiger partial charge in [0, 0.05) is 26.7 Å². The molecule has 2 aliphatic rings. The Hall–Kier alpha value is -1.85. The molecule has 5 nitrogen and oxygen atoms in total. The molecule has 2 heterocycles. The summed E-state index contributed by atoms with van der Waals surface area (Å²) in [7, 11) is 3.34. The third-order valence-corrected chi connectivity index (χ3v) is 5.36. The summed E-state index contributed by atoms with van der Waals surface area (Å²) >= 11 is 0. The highest BCUT2D eigenvalue weighted by atomic mass is 16.7. The molecule has 1 fully saturated rings. The molecule has 1 amide bonds. The minimum Gasteiger partial charge on any atom is -0.445 e. The van der Waals surface area contributed by atoms with Gasteiger partial charge in [-0.15, -0.1) is 0 Å². The van der Waals surface area contributed by atoms with Crippen LogP contribution in [-0.2, 0) is 20.8 Å². The summed E-state index contributed by atoms with van der Waals surface area (Å²) in [5, 5.41) is 0. The Morgan fingerprint density at radius 3 is 2.65 bits per heavy atom. The predicted molar refractivity (Wildman–Crippen MR) is 99.6 cm³/mol. The highest BCUT2D eigenvalue weighted by Gasteiger charge is 2.37. The molecule has 1 aromatic carbocycles. The van der Waals surface area contributed by atoms with Crippen LogP contribution in [0.4, 0.5) is 4.79 Å². The van der Waals surface area contributed by atoms with Crippen molar-refractivity contribution in [2.24, 2.45) is 0 Å². The highest BCUT2D eigenvalue weighted by Crippen LogP contribution is 2.35. The molecule has 0 aromatic heterocycles. The van der Waals surface area contributed by atoms with Crippen molar-refractivity contribution >= 4 is 6.09 Å². The molecule has 0 radical (unpaired) electrons. The second-order valence-electron chi connectivity index (χ2n) is 7.07. The van der Waals surface area contributed by atoms with Crippen LogP contribution in [0, 0.1) is 0 Å². The summed E-state index contributed by atoms with van der Waals surface area (Å²) in [6.07, 6.45) is 7.86. The SMILES string of the molecule is COC(CCC1=CC2CCCC(C1)N2C(=O)OCc1ccccc1)OC. The normalized spacial score (nSPS) is 22.3. The lowest BCUT2D eigenvalue weighted by Gasteiger charge is -2.44. The van der Waals surface area contributed by atoms with Crippen molar-refractivity contribution in [1.29, 1.82) is 0 Å². The van der Waals surface area contributed by atoms with Crippen LogP contribution in [0.3, 0.4) is 0 Å². The fourth-order valence-electron chi connectivity index (χ4n) is 4.02. The maximum Gasteiger partial charge on any atom is 0.410 e. The van der Waals surface area contributed by atoms with Crippen LogP contribution in [0.15, 0.2) is 42.0 Å². The van der Waals surface area contributed by atoms with Gasteiger partial charge in [-0.25, -0.2) is 4.79 Å². The van der Waals surface area contributed by atoms with E-state index in [9.17, 15) is 4.79 Å². The highest BCUT2D eigenvalue weighted by molar-refractivity contribution is 5.69. The molecule has 2 bridgehead atoms. The molecule has 0 N–H and O–H groups in total. The van der Waals surface area contributed by atoms with E-state index in [0.29, 0.717) is 6.61 Å². The van der Waals surface area contributed by atoms with Crippen LogP contribution < -0.4 is 0 Å². The van der Waals surface area contributed by atoms with Crippen molar-refractivity contribution in [3.63, 3.8) is 0 Å². The topological polar surface area (TPSA) is 48.0 Å². The third-order valence-electron chi connectivity index (χ3n) is 5.36. The number of carbonyl (C=O) groups is 1. The maximum absolute atomic E-state index is 12.7. The van der Waals surface area contributed by atoms with Crippen molar-refractivity contribution < 1.29 is 19.0 Å². The zero-order valence-corrected chi connectivity index (χ0v) is 15.7. The van der Waals surface area contributed by atoms with Gasteiger partial charge in [0.05, 0.1) is 6.04 Å². The summed E-state index contributed by atoms with van der Waals surface area (Å²) in [5.41, 5.74) is 2.43. The molecule has 3 rings (SSSR count). The number of nitrogens with zero attached hydrogens (tertiary/aromatic N) is 1. The van der Waals surface area contributed by atoms with E-state index in [1.54, 1.807) is 14.2 Å². The van der Waals surface area contributed by atoms with Crippen molar-refractivity contribution in [1.82, 2.24) is 4.90 Å². The largest absolute Gasteiger partial charge is 0.445 e. The molecule has 1 aromatic rings. The summed E-state index contributed by atoms with van der Waals surface area (Å²) in [6, 6.07) is 10.2. The van der Waals surface area contributed by atoms with Gasteiger partial charge in [0.1, 0.15) is 6.61 Å². The number of hydrogen-bond acceptors (Lipinski definition) is 4. The quantitative estimate of drug-likeness (QED) is 0.539. The lowest BCUT2D eigenvalue weighted by molar-refractivity contribution is -0.106. The molecule has 2 aliphatic heterocycles. The molecular formula is C21H29NO4. The molecule has 5 heteroatoms. The average Bonchev–Trinajstić information content (AvgIpc) is 2.67. The number of carbonyl (C=O) groups excluding carboxylic acids is 1. The zero-order chi connectivity index (χ0) is 18.4. The fraction of sp³-hybridized carbons (Fsp3) is 0.571. The van der Waals surface area contributed by atoms with E-state index in [-0.39, 0.29) is 24.5 Å². The van der Waals surface area contributed by atoms with E-state index >= 15 is 0 Å². The van der Waals surface area contributed by atoms with Crippen molar-refractivity contribution in [3.05, 3.63) is 47.5 Å². The molecule has 26 heavy (non-hydrogen) atoms. The molecule has 2 unspecified atom stereocenters. The van der Waals surface area contributed by atoms with Crippen LogP contribution in [0.2, 0.25) is 0 Å². The second-order valence-corrected chi connectivity index (χ2v) is 7.07. The molecule has 0 aliphatic carbocycles. The Kier molecular flexibility index (Phi) is 6.69. The maximum atomic E-state index is 12.7. The van der Waals surface area contributed by atoms with Crippen LogP contribution >= 0.6 is 0 Å². The minimum atomic E-state index is -0.189. The summed E-state index contributed by atoms with van der Waals surface area (Å²) in [5.74, 6) is 0. The van der Waals surface area contributed by atoms with Gasteiger partial charge in [0.2, 0.25) is 0 Å². The van der Waals surface area contributed by atoms with Crippen molar-refractivity contribution in [2.75, 3.05) is 14.2 Å². The molecule has 0 spiro atoms. The Morgan fingerprint density at radius 2 is 1.96 bits per heavy atom. The third kappa shape index (κ3) is 4.65. The lowest BCUT2D eigenvalue weighted by Crippen LogP contribution is -2.51. The first-order chi connectivity index (χ1) is 12.7. The van der Waals surface area contributed by atoms with E-state index in [2.05, 4.69) is 6.08 Å². The van der Waals surface area contributed by atoms with E-state index in [1.807, 2.05) is 35.2 Å². The van der Waals surface area contributed by atoms with Gasteiger partial charge in [-0.3, -0.25) is 4.90 Å². The second kappa shape index (κ2) is 9.19. The molecular weight excluding hydrogens is 330 g/mol. The van der Waals surface area contributed by atoms with Gasteiger partial charge in [0.25, 0.3) is 0 Å². The molecule has 0 saturated carbocycles. The van der Waals surface area contributed by atoms with Gasteiger partial charge >= 0.3 is 6.09 Å². The van der Waals surface area contributed by atoms with E-state index < -0.39 is 0 Å². The Labute approximate surface area is 155 Å². The first-order valence-corrected chi connectivity index (χ1v) is 9.45. The summed E-state index contributed by atoms with van der Waals surface area (Å²) in [6.45, 7) is 0.329. The van der Waals surface area contributed by atoms with Gasteiger partial charge in [-0.1, -0.05) is 42.0 Å². The van der Waals surface area contributed by atoms with Crippen LogP contribution in [0.25, 0.3) is 0 Å². The number of methoxy groups -OCH3 is 2. The molecule has 142 valence electrons. The smallest absolute Gasteiger partial charge is 0.410 e. The number of ether oxygens (including phenoxy) is 3. The number of rotatable bonds is 7. The Balaban J connectivity index is 1.59.